The second-order valence-electron chi connectivity index (χ2n) is 4.54. The Morgan fingerprint density at radius 2 is 2.00 bits per heavy atom. The van der Waals surface area contributed by atoms with Gasteiger partial charge in [0.05, 0.1) is 0 Å². The molecule has 0 bridgehead atoms. The summed E-state index contributed by atoms with van der Waals surface area (Å²) in [4.78, 5) is 2.56. The van der Waals surface area contributed by atoms with Crippen molar-refractivity contribution in [3.8, 4) is 0 Å². The van der Waals surface area contributed by atoms with Crippen LogP contribution in [0.4, 0.5) is 0 Å². The van der Waals surface area contributed by atoms with Gasteiger partial charge in [-0.15, -0.1) is 0 Å². The first-order valence-electron chi connectivity index (χ1n) is 6.11. The van der Waals surface area contributed by atoms with E-state index >= 15 is 0 Å². The minimum atomic E-state index is 1.10. The Bertz CT molecular complexity index is 466. The molecule has 3 rings (SSSR count). The molecule has 1 aromatic heterocycles. The van der Waals surface area contributed by atoms with Crippen molar-refractivity contribution in [1.29, 1.82) is 0 Å². The van der Waals surface area contributed by atoms with Gasteiger partial charge in [-0.25, -0.2) is 0 Å². The lowest BCUT2D eigenvalue weighted by Crippen LogP contribution is -2.23. The molecule has 1 saturated heterocycles. The SMILES string of the molecule is [c]1ccc2c(c1)ccn2CCN1CCCC1. The minimum Gasteiger partial charge on any atom is -0.346 e. The van der Waals surface area contributed by atoms with Gasteiger partial charge in [-0.3, -0.25) is 0 Å². The topological polar surface area (TPSA) is 8.17 Å². The highest BCUT2D eigenvalue weighted by Gasteiger charge is 2.11. The highest BCUT2D eigenvalue weighted by Crippen LogP contribution is 2.15. The Balaban J connectivity index is 1.73. The molecular formula is C14H17N2. The Morgan fingerprint density at radius 3 is 2.88 bits per heavy atom. The monoisotopic (exact) mass is 213 g/mol. The van der Waals surface area contributed by atoms with Gasteiger partial charge in [0.15, 0.2) is 0 Å². The Hall–Kier alpha value is -1.28. The van der Waals surface area contributed by atoms with Crippen LogP contribution in [0.25, 0.3) is 10.9 Å². The Labute approximate surface area is 96.5 Å². The second kappa shape index (κ2) is 4.30. The molecule has 0 spiro atoms. The van der Waals surface area contributed by atoms with Gasteiger partial charge in [-0.2, -0.15) is 0 Å². The van der Waals surface area contributed by atoms with Gasteiger partial charge < -0.3 is 9.47 Å². The molecule has 0 N–H and O–H groups in total. The van der Waals surface area contributed by atoms with E-state index in [-0.39, 0.29) is 0 Å². The highest BCUT2D eigenvalue weighted by molar-refractivity contribution is 5.79. The fourth-order valence-corrected chi connectivity index (χ4v) is 2.53. The van der Waals surface area contributed by atoms with Crippen LogP contribution in [0, 0.1) is 6.07 Å². The molecule has 0 saturated carbocycles. The van der Waals surface area contributed by atoms with E-state index in [1.165, 1.54) is 43.4 Å². The van der Waals surface area contributed by atoms with Gasteiger partial charge in [0.1, 0.15) is 0 Å². The number of aromatic nitrogens is 1. The number of hydrogen-bond donors (Lipinski definition) is 0. The van der Waals surface area contributed by atoms with Gasteiger partial charge in [0.2, 0.25) is 0 Å². The first kappa shape index (κ1) is 9.91. The molecule has 83 valence electrons. The van der Waals surface area contributed by atoms with Crippen molar-refractivity contribution in [2.45, 2.75) is 19.4 Å². The number of nitrogens with zero attached hydrogens (tertiary/aromatic N) is 2. The lowest BCUT2D eigenvalue weighted by Gasteiger charge is -2.15. The third-order valence-electron chi connectivity index (χ3n) is 3.47. The number of fused-ring (bicyclic) bond motifs is 1. The highest BCUT2D eigenvalue weighted by atomic mass is 15.2. The van der Waals surface area contributed by atoms with Crippen LogP contribution in [0.3, 0.4) is 0 Å². The van der Waals surface area contributed by atoms with Crippen molar-refractivity contribution in [2.75, 3.05) is 19.6 Å². The van der Waals surface area contributed by atoms with E-state index in [0.717, 1.165) is 6.54 Å². The van der Waals surface area contributed by atoms with Crippen molar-refractivity contribution in [3.63, 3.8) is 0 Å². The van der Waals surface area contributed by atoms with Crippen LogP contribution in [0.15, 0.2) is 30.5 Å². The number of likely N-dealkylation sites (tertiary alicyclic amines) is 1. The number of hydrogen-bond acceptors (Lipinski definition) is 1. The van der Waals surface area contributed by atoms with E-state index in [1.54, 1.807) is 0 Å². The maximum atomic E-state index is 3.12. The standard InChI is InChI=1S/C14H17N2/c1-2-6-14-13(5-1)7-10-16(14)12-11-15-8-3-4-9-15/h2,5-7,10H,3-4,8-9,11-12H2. The maximum Gasteiger partial charge on any atom is 0.0481 e. The van der Waals surface area contributed by atoms with E-state index in [4.69, 9.17) is 0 Å². The van der Waals surface area contributed by atoms with Crippen LogP contribution in [0.2, 0.25) is 0 Å². The molecule has 0 atom stereocenters. The lowest BCUT2D eigenvalue weighted by molar-refractivity contribution is 0.324. The quantitative estimate of drug-likeness (QED) is 0.760. The molecule has 2 nitrogen and oxygen atoms in total. The van der Waals surface area contributed by atoms with Crippen LogP contribution in [0.1, 0.15) is 12.8 Å². The third-order valence-corrected chi connectivity index (χ3v) is 3.47. The smallest absolute Gasteiger partial charge is 0.0481 e. The van der Waals surface area contributed by atoms with E-state index in [9.17, 15) is 0 Å². The van der Waals surface area contributed by atoms with Crippen LogP contribution in [0.5, 0.6) is 0 Å². The zero-order chi connectivity index (χ0) is 10.8. The predicted octanol–water partition coefficient (Wildman–Crippen LogP) is 2.54. The summed E-state index contributed by atoms with van der Waals surface area (Å²) in [6.07, 6.45) is 4.94. The van der Waals surface area contributed by atoms with Crippen molar-refractivity contribution in [2.24, 2.45) is 0 Å². The van der Waals surface area contributed by atoms with Gasteiger partial charge in [0.25, 0.3) is 0 Å². The molecule has 0 aliphatic carbocycles. The molecule has 1 radical (unpaired) electrons. The summed E-state index contributed by atoms with van der Waals surface area (Å²) < 4.78 is 2.35. The van der Waals surface area contributed by atoms with Crippen LogP contribution >= 0.6 is 0 Å². The number of rotatable bonds is 3. The molecule has 2 heteroatoms. The first-order chi connectivity index (χ1) is 7.93. The van der Waals surface area contributed by atoms with E-state index in [0.29, 0.717) is 0 Å². The van der Waals surface area contributed by atoms with Gasteiger partial charge in [-0.05, 0) is 50.2 Å². The molecule has 1 fully saturated rings. The molecule has 0 unspecified atom stereocenters. The van der Waals surface area contributed by atoms with Crippen molar-refractivity contribution >= 4 is 10.9 Å². The zero-order valence-electron chi connectivity index (χ0n) is 9.52. The summed E-state index contributed by atoms with van der Waals surface area (Å²) in [5.41, 5.74) is 1.33. The molecule has 1 aromatic carbocycles. The van der Waals surface area contributed by atoms with Crippen LogP contribution in [-0.4, -0.2) is 29.1 Å². The summed E-state index contributed by atoms with van der Waals surface area (Å²) >= 11 is 0. The van der Waals surface area contributed by atoms with Crippen molar-refractivity contribution < 1.29 is 0 Å². The predicted molar refractivity (Wildman–Crippen MR) is 66.4 cm³/mol. The second-order valence-corrected chi connectivity index (χ2v) is 4.54. The summed E-state index contributed by atoms with van der Waals surface area (Å²) in [7, 11) is 0. The molecule has 16 heavy (non-hydrogen) atoms. The summed E-state index contributed by atoms with van der Waals surface area (Å²) in [6, 6.07) is 11.5. The van der Waals surface area contributed by atoms with E-state index in [2.05, 4.69) is 39.9 Å². The lowest BCUT2D eigenvalue weighted by atomic mass is 10.2. The van der Waals surface area contributed by atoms with Gasteiger partial charge in [-0.1, -0.05) is 6.07 Å². The zero-order valence-corrected chi connectivity index (χ0v) is 9.52. The van der Waals surface area contributed by atoms with Crippen LogP contribution < -0.4 is 0 Å². The third kappa shape index (κ3) is 1.85. The molecule has 2 aromatic rings. The van der Waals surface area contributed by atoms with Crippen molar-refractivity contribution in [3.05, 3.63) is 36.5 Å². The fourth-order valence-electron chi connectivity index (χ4n) is 2.53. The van der Waals surface area contributed by atoms with E-state index in [1.807, 2.05) is 6.07 Å². The molecular weight excluding hydrogens is 196 g/mol. The molecule has 1 aliphatic heterocycles. The van der Waals surface area contributed by atoms with E-state index < -0.39 is 0 Å². The van der Waals surface area contributed by atoms with Crippen LogP contribution in [-0.2, 0) is 6.54 Å². The maximum absolute atomic E-state index is 3.12. The summed E-state index contributed by atoms with van der Waals surface area (Å²) in [5.74, 6) is 0. The Morgan fingerprint density at radius 1 is 1.12 bits per heavy atom. The fraction of sp³-hybridized carbons (Fsp3) is 0.429. The van der Waals surface area contributed by atoms with Crippen molar-refractivity contribution in [1.82, 2.24) is 9.47 Å². The molecule has 1 aliphatic rings. The largest absolute Gasteiger partial charge is 0.346 e. The summed E-state index contributed by atoms with van der Waals surface area (Å²) in [6.45, 7) is 4.86. The number of benzene rings is 1. The average Bonchev–Trinajstić information content (AvgIpc) is 2.96. The minimum absolute atomic E-state index is 1.10. The Kier molecular flexibility index (Phi) is 2.66. The molecule has 2 heterocycles. The average molecular weight is 213 g/mol. The first-order valence-corrected chi connectivity index (χ1v) is 6.11. The normalized spacial score (nSPS) is 17.2. The summed E-state index contributed by atoms with van der Waals surface area (Å²) in [5, 5.41) is 1.30. The van der Waals surface area contributed by atoms with Gasteiger partial charge >= 0.3 is 0 Å². The molecule has 0 amide bonds. The van der Waals surface area contributed by atoms with Gasteiger partial charge in [0, 0.05) is 30.2 Å².